The number of nitrogens with zero attached hydrogens (tertiary/aromatic N) is 4. The molecule has 4 N–H and O–H groups in total. The minimum absolute atomic E-state index is 0.0276. The van der Waals surface area contributed by atoms with Gasteiger partial charge in [0.15, 0.2) is 21.3 Å². The fourth-order valence-corrected chi connectivity index (χ4v) is 4.80. The Labute approximate surface area is 203 Å². The molecule has 11 nitrogen and oxygen atoms in total. The standard InChI is InChI=1S/C23H27N7O4S/c1-4-30-10-9-14-12-18(34-2)17(11-15(14)13-30)26-23-27-22(20(21(24)31)28-29-23)25-16-7-5-6-8-19(16)35(3,32)33/h5-8,11-12H,4,9-10,13H2,1-3H3,(H2,24,31)(H2,25,26,27,29). The number of ether oxygens (including phenoxy) is 1. The summed E-state index contributed by atoms with van der Waals surface area (Å²) in [6.45, 7) is 4.90. The van der Waals surface area contributed by atoms with Crippen molar-refractivity contribution >= 4 is 38.9 Å². The lowest BCUT2D eigenvalue weighted by molar-refractivity contribution is 0.0995. The summed E-state index contributed by atoms with van der Waals surface area (Å²) in [5, 5.41) is 13.9. The summed E-state index contributed by atoms with van der Waals surface area (Å²) >= 11 is 0. The van der Waals surface area contributed by atoms with E-state index < -0.39 is 15.7 Å². The second-order valence-electron chi connectivity index (χ2n) is 8.16. The van der Waals surface area contributed by atoms with Crippen LogP contribution in [-0.2, 0) is 22.8 Å². The van der Waals surface area contributed by atoms with Gasteiger partial charge in [-0.3, -0.25) is 9.69 Å². The van der Waals surface area contributed by atoms with Crippen LogP contribution in [0.4, 0.5) is 23.1 Å². The third-order valence-electron chi connectivity index (χ3n) is 5.77. The molecule has 0 fully saturated rings. The van der Waals surface area contributed by atoms with Crippen LogP contribution in [0.3, 0.4) is 0 Å². The number of methoxy groups -OCH3 is 1. The molecule has 0 saturated heterocycles. The van der Waals surface area contributed by atoms with Gasteiger partial charge in [-0.25, -0.2) is 8.42 Å². The maximum atomic E-state index is 12.2. The van der Waals surface area contributed by atoms with Gasteiger partial charge < -0.3 is 21.1 Å². The number of hydrogen-bond donors (Lipinski definition) is 3. The van der Waals surface area contributed by atoms with Gasteiger partial charge in [-0.05, 0) is 48.4 Å². The highest BCUT2D eigenvalue weighted by Crippen LogP contribution is 2.33. The van der Waals surface area contributed by atoms with Crippen molar-refractivity contribution < 1.29 is 17.9 Å². The van der Waals surface area contributed by atoms with E-state index in [0.29, 0.717) is 11.4 Å². The van der Waals surface area contributed by atoms with Gasteiger partial charge >= 0.3 is 0 Å². The quantitative estimate of drug-likeness (QED) is 0.422. The van der Waals surface area contributed by atoms with Crippen LogP contribution >= 0.6 is 0 Å². The number of amides is 1. The SMILES string of the molecule is CCN1CCc2cc(OC)c(Nc3nnc(C(N)=O)c(Nc4ccccc4S(C)(=O)=O)n3)cc2C1. The molecule has 12 heteroatoms. The van der Waals surface area contributed by atoms with Crippen molar-refractivity contribution in [2.45, 2.75) is 24.8 Å². The highest BCUT2D eigenvalue weighted by molar-refractivity contribution is 7.90. The maximum Gasteiger partial charge on any atom is 0.273 e. The zero-order chi connectivity index (χ0) is 25.2. The predicted octanol–water partition coefficient (Wildman–Crippen LogP) is 2.25. The molecule has 2 aromatic carbocycles. The van der Waals surface area contributed by atoms with Crippen LogP contribution in [0.25, 0.3) is 0 Å². The van der Waals surface area contributed by atoms with E-state index in [1.54, 1.807) is 25.3 Å². The molecule has 0 aliphatic carbocycles. The zero-order valence-corrected chi connectivity index (χ0v) is 20.5. The number of likely N-dealkylation sites (N-methyl/N-ethyl adjacent to an activating group) is 1. The second kappa shape index (κ2) is 9.84. The van der Waals surface area contributed by atoms with Gasteiger partial charge in [0.1, 0.15) is 5.75 Å². The molecule has 35 heavy (non-hydrogen) atoms. The number of hydrogen-bond acceptors (Lipinski definition) is 10. The Kier molecular flexibility index (Phi) is 6.85. The molecule has 4 rings (SSSR count). The van der Waals surface area contributed by atoms with Crippen LogP contribution < -0.4 is 21.1 Å². The number of carbonyl (C=O) groups excluding carboxylic acids is 1. The van der Waals surface area contributed by atoms with Crippen molar-refractivity contribution in [2.24, 2.45) is 5.73 Å². The molecular formula is C23H27N7O4S. The lowest BCUT2D eigenvalue weighted by atomic mass is 9.98. The number of nitrogens with two attached hydrogens (primary N) is 1. The molecule has 0 atom stereocenters. The number of para-hydroxylation sites is 1. The molecule has 1 aliphatic heterocycles. The molecule has 0 radical (unpaired) electrons. The largest absolute Gasteiger partial charge is 0.495 e. The van der Waals surface area contributed by atoms with E-state index in [1.807, 2.05) is 12.1 Å². The van der Waals surface area contributed by atoms with Gasteiger partial charge in [0.05, 0.1) is 23.4 Å². The minimum atomic E-state index is -3.55. The maximum absolute atomic E-state index is 12.2. The number of primary amides is 1. The van der Waals surface area contributed by atoms with Gasteiger partial charge in [-0.1, -0.05) is 19.1 Å². The van der Waals surface area contributed by atoms with Gasteiger partial charge in [0.2, 0.25) is 5.95 Å². The Hall–Kier alpha value is -3.77. The van der Waals surface area contributed by atoms with E-state index in [9.17, 15) is 13.2 Å². The fourth-order valence-electron chi connectivity index (χ4n) is 3.95. The Morgan fingerprint density at radius 3 is 2.60 bits per heavy atom. The highest BCUT2D eigenvalue weighted by Gasteiger charge is 2.21. The molecule has 0 spiro atoms. The summed E-state index contributed by atoms with van der Waals surface area (Å²) in [6.07, 6.45) is 2.02. The average molecular weight is 498 g/mol. The fraction of sp³-hybridized carbons (Fsp3) is 0.304. The van der Waals surface area contributed by atoms with Crippen molar-refractivity contribution in [1.82, 2.24) is 20.1 Å². The molecule has 0 unspecified atom stereocenters. The second-order valence-corrected chi connectivity index (χ2v) is 10.1. The minimum Gasteiger partial charge on any atom is -0.495 e. The van der Waals surface area contributed by atoms with Crippen molar-refractivity contribution in [3.63, 3.8) is 0 Å². The Morgan fingerprint density at radius 2 is 1.91 bits per heavy atom. The number of anilines is 4. The van der Waals surface area contributed by atoms with Crippen molar-refractivity contribution in [3.8, 4) is 5.75 Å². The summed E-state index contributed by atoms with van der Waals surface area (Å²) in [5.41, 5.74) is 8.49. The molecule has 2 heterocycles. The first-order valence-corrected chi connectivity index (χ1v) is 12.9. The molecule has 184 valence electrons. The third-order valence-corrected chi connectivity index (χ3v) is 6.92. The molecule has 0 bridgehead atoms. The Morgan fingerprint density at radius 1 is 1.14 bits per heavy atom. The number of sulfone groups is 1. The van der Waals surface area contributed by atoms with Crippen molar-refractivity contribution in [1.29, 1.82) is 0 Å². The first kappa shape index (κ1) is 24.4. The number of aromatic nitrogens is 3. The summed E-state index contributed by atoms with van der Waals surface area (Å²) < 4.78 is 30.0. The summed E-state index contributed by atoms with van der Waals surface area (Å²) in [6, 6.07) is 10.3. The van der Waals surface area contributed by atoms with Gasteiger partial charge in [0, 0.05) is 19.3 Å². The smallest absolute Gasteiger partial charge is 0.273 e. The number of benzene rings is 2. The van der Waals surface area contributed by atoms with Crippen molar-refractivity contribution in [3.05, 3.63) is 53.2 Å². The Bertz CT molecular complexity index is 1380. The first-order valence-electron chi connectivity index (χ1n) is 11.0. The van der Waals surface area contributed by atoms with Crippen LogP contribution in [0.1, 0.15) is 28.5 Å². The molecule has 1 amide bonds. The lowest BCUT2D eigenvalue weighted by Gasteiger charge is -2.28. The number of nitrogens with one attached hydrogen (secondary N) is 2. The zero-order valence-electron chi connectivity index (χ0n) is 19.7. The number of fused-ring (bicyclic) bond motifs is 1. The van der Waals surface area contributed by atoms with Crippen LogP contribution in [0.5, 0.6) is 5.75 Å². The van der Waals surface area contributed by atoms with E-state index in [4.69, 9.17) is 10.5 Å². The topological polar surface area (TPSA) is 152 Å². The summed E-state index contributed by atoms with van der Waals surface area (Å²) in [4.78, 5) is 18.7. The number of rotatable bonds is 8. The van der Waals surface area contributed by atoms with Crippen LogP contribution in [0.15, 0.2) is 41.3 Å². The number of carbonyl (C=O) groups is 1. The van der Waals surface area contributed by atoms with Crippen LogP contribution in [0, 0.1) is 0 Å². The molecule has 1 aliphatic rings. The average Bonchev–Trinajstić information content (AvgIpc) is 2.83. The normalized spacial score (nSPS) is 13.7. The van der Waals surface area contributed by atoms with Crippen LogP contribution in [0.2, 0.25) is 0 Å². The van der Waals surface area contributed by atoms with E-state index in [1.165, 1.54) is 17.2 Å². The van der Waals surface area contributed by atoms with E-state index >= 15 is 0 Å². The Balaban J connectivity index is 1.71. The van der Waals surface area contributed by atoms with Gasteiger partial charge in [-0.15, -0.1) is 10.2 Å². The van der Waals surface area contributed by atoms with E-state index in [0.717, 1.165) is 32.3 Å². The molecular weight excluding hydrogens is 470 g/mol. The van der Waals surface area contributed by atoms with Crippen LogP contribution in [-0.4, -0.2) is 60.9 Å². The van der Waals surface area contributed by atoms with Gasteiger partial charge in [-0.2, -0.15) is 4.98 Å². The monoisotopic (exact) mass is 497 g/mol. The first-order chi connectivity index (χ1) is 16.7. The van der Waals surface area contributed by atoms with Gasteiger partial charge in [0.25, 0.3) is 5.91 Å². The molecule has 0 saturated carbocycles. The van der Waals surface area contributed by atoms with E-state index in [-0.39, 0.29) is 28.0 Å². The van der Waals surface area contributed by atoms with Crippen molar-refractivity contribution in [2.75, 3.05) is 37.1 Å². The van der Waals surface area contributed by atoms with E-state index in [2.05, 4.69) is 37.6 Å². The predicted molar refractivity (Wildman–Crippen MR) is 132 cm³/mol. The highest BCUT2D eigenvalue weighted by atomic mass is 32.2. The summed E-state index contributed by atoms with van der Waals surface area (Å²) in [5.74, 6) is -0.189. The molecule has 1 aromatic heterocycles. The molecule has 3 aromatic rings. The summed E-state index contributed by atoms with van der Waals surface area (Å²) in [7, 11) is -1.97. The lowest BCUT2D eigenvalue weighted by Crippen LogP contribution is -2.30. The third kappa shape index (κ3) is 5.33.